The maximum Gasteiger partial charge on any atom is 0.338 e. The number of hydrogen-bond acceptors (Lipinski definition) is 7. The molecule has 1 saturated carbocycles. The first-order valence-electron chi connectivity index (χ1n) is 11.7. The Morgan fingerprint density at radius 3 is 2.68 bits per heavy atom. The number of rotatable bonds is 10. The molecule has 2 N–H and O–H groups in total. The second kappa shape index (κ2) is 10.7. The fourth-order valence-electron chi connectivity index (χ4n) is 4.46. The summed E-state index contributed by atoms with van der Waals surface area (Å²) >= 11 is 1.41. The van der Waals surface area contributed by atoms with E-state index in [1.165, 1.54) is 17.4 Å². The molecule has 1 fully saturated rings. The molecule has 34 heavy (non-hydrogen) atoms. The predicted molar refractivity (Wildman–Crippen MR) is 131 cm³/mol. The van der Waals surface area contributed by atoms with Gasteiger partial charge in [0.25, 0.3) is 0 Å². The van der Waals surface area contributed by atoms with Crippen molar-refractivity contribution in [2.75, 3.05) is 13.7 Å². The summed E-state index contributed by atoms with van der Waals surface area (Å²) in [6.45, 7) is 4.26. The van der Waals surface area contributed by atoms with Gasteiger partial charge in [-0.3, -0.25) is 0 Å². The monoisotopic (exact) mass is 485 g/mol. The first-order chi connectivity index (χ1) is 16.4. The highest BCUT2D eigenvalue weighted by molar-refractivity contribution is 7.18. The maximum absolute atomic E-state index is 11.8. The van der Waals surface area contributed by atoms with Crippen molar-refractivity contribution in [3.05, 3.63) is 52.0 Å². The SMILES string of the molecule is CCOc1cc(C(=O)O)c2nc(C[C@H](OC3CCCC3)[C@H](O)c3ccc(C)c(OC)c3)sc2c1. The van der Waals surface area contributed by atoms with Gasteiger partial charge in [-0.25, -0.2) is 9.78 Å². The van der Waals surface area contributed by atoms with Gasteiger partial charge in [0.05, 0.1) is 46.7 Å². The zero-order valence-corrected chi connectivity index (χ0v) is 20.6. The second-order valence-electron chi connectivity index (χ2n) is 8.62. The quantitative estimate of drug-likeness (QED) is 0.401. The minimum absolute atomic E-state index is 0.0977. The third kappa shape index (κ3) is 5.35. The Morgan fingerprint density at radius 1 is 1.24 bits per heavy atom. The van der Waals surface area contributed by atoms with E-state index < -0.39 is 18.2 Å². The summed E-state index contributed by atoms with van der Waals surface area (Å²) in [6.07, 6.45) is 3.26. The van der Waals surface area contributed by atoms with E-state index in [9.17, 15) is 15.0 Å². The van der Waals surface area contributed by atoms with E-state index in [1.54, 1.807) is 7.11 Å². The van der Waals surface area contributed by atoms with E-state index in [1.807, 2.05) is 38.1 Å². The zero-order chi connectivity index (χ0) is 24.2. The summed E-state index contributed by atoms with van der Waals surface area (Å²) in [6, 6.07) is 9.00. The Labute approximate surface area is 203 Å². The van der Waals surface area contributed by atoms with Crippen LogP contribution in [-0.2, 0) is 11.2 Å². The fraction of sp³-hybridized carbons (Fsp3) is 0.462. The molecular weight excluding hydrogens is 454 g/mol. The molecule has 0 spiro atoms. The number of fused-ring (bicyclic) bond motifs is 1. The lowest BCUT2D eigenvalue weighted by atomic mass is 10.00. The lowest BCUT2D eigenvalue weighted by Gasteiger charge is -2.26. The number of carboxylic acid groups (broad SMARTS) is 1. The molecule has 0 saturated heterocycles. The number of carboxylic acids is 1. The summed E-state index contributed by atoms with van der Waals surface area (Å²) in [4.78, 5) is 16.5. The molecule has 0 bridgehead atoms. The number of aromatic nitrogens is 1. The third-order valence-corrected chi connectivity index (χ3v) is 7.25. The maximum atomic E-state index is 11.8. The molecule has 7 nitrogen and oxygen atoms in total. The Morgan fingerprint density at radius 2 is 2.00 bits per heavy atom. The number of aliphatic hydroxyl groups excluding tert-OH is 1. The first-order valence-corrected chi connectivity index (χ1v) is 12.5. The van der Waals surface area contributed by atoms with Crippen LogP contribution in [0.4, 0.5) is 0 Å². The van der Waals surface area contributed by atoms with Crippen molar-refractivity contribution in [3.8, 4) is 11.5 Å². The van der Waals surface area contributed by atoms with E-state index in [0.29, 0.717) is 35.1 Å². The zero-order valence-electron chi connectivity index (χ0n) is 19.7. The summed E-state index contributed by atoms with van der Waals surface area (Å²) in [7, 11) is 1.61. The average molecular weight is 486 g/mol. The highest BCUT2D eigenvalue weighted by atomic mass is 32.1. The van der Waals surface area contributed by atoms with Crippen LogP contribution in [0.15, 0.2) is 30.3 Å². The van der Waals surface area contributed by atoms with Crippen molar-refractivity contribution in [3.63, 3.8) is 0 Å². The van der Waals surface area contributed by atoms with Crippen LogP contribution in [0.25, 0.3) is 10.2 Å². The minimum atomic E-state index is -1.05. The molecule has 1 aliphatic rings. The number of ether oxygens (including phenoxy) is 3. The van der Waals surface area contributed by atoms with Crippen molar-refractivity contribution in [1.29, 1.82) is 0 Å². The second-order valence-corrected chi connectivity index (χ2v) is 9.74. The molecule has 0 amide bonds. The summed E-state index contributed by atoms with van der Waals surface area (Å²) < 4.78 is 18.1. The Kier molecular flexibility index (Phi) is 7.70. The van der Waals surface area contributed by atoms with Crippen LogP contribution >= 0.6 is 11.3 Å². The first kappa shape index (κ1) is 24.4. The van der Waals surface area contributed by atoms with Crippen LogP contribution in [0, 0.1) is 6.92 Å². The molecule has 1 aromatic heterocycles. The Hall–Kier alpha value is -2.68. The number of thiazole rings is 1. The van der Waals surface area contributed by atoms with Gasteiger partial charge in [0.15, 0.2) is 0 Å². The molecule has 0 aliphatic heterocycles. The molecule has 8 heteroatoms. The Bertz CT molecular complexity index is 1150. The topological polar surface area (TPSA) is 98.1 Å². The van der Waals surface area contributed by atoms with E-state index in [-0.39, 0.29) is 11.7 Å². The molecule has 4 rings (SSSR count). The fourth-order valence-corrected chi connectivity index (χ4v) is 5.53. The van der Waals surface area contributed by atoms with Gasteiger partial charge in [0, 0.05) is 6.42 Å². The predicted octanol–water partition coefficient (Wildman–Crippen LogP) is 5.31. The van der Waals surface area contributed by atoms with Crippen LogP contribution in [-0.4, -0.2) is 47.1 Å². The third-order valence-electron chi connectivity index (χ3n) is 6.23. The number of benzene rings is 2. The largest absolute Gasteiger partial charge is 0.496 e. The van der Waals surface area contributed by atoms with E-state index in [4.69, 9.17) is 14.2 Å². The highest BCUT2D eigenvalue weighted by Gasteiger charge is 2.29. The van der Waals surface area contributed by atoms with Gasteiger partial charge >= 0.3 is 5.97 Å². The van der Waals surface area contributed by atoms with Crippen LogP contribution in [0.2, 0.25) is 0 Å². The van der Waals surface area contributed by atoms with Crippen LogP contribution < -0.4 is 9.47 Å². The smallest absolute Gasteiger partial charge is 0.338 e. The summed E-state index contributed by atoms with van der Waals surface area (Å²) in [5, 5.41) is 21.7. The van der Waals surface area contributed by atoms with Gasteiger partial charge in [-0.2, -0.15) is 0 Å². The van der Waals surface area contributed by atoms with Crippen molar-refractivity contribution < 1.29 is 29.2 Å². The molecule has 2 aromatic carbocycles. The van der Waals surface area contributed by atoms with Gasteiger partial charge in [0.2, 0.25) is 0 Å². The molecule has 2 atom stereocenters. The van der Waals surface area contributed by atoms with E-state index >= 15 is 0 Å². The minimum Gasteiger partial charge on any atom is -0.496 e. The van der Waals surface area contributed by atoms with Crippen LogP contribution in [0.5, 0.6) is 11.5 Å². The number of nitrogens with zero attached hydrogens (tertiary/aromatic N) is 1. The number of carbonyl (C=O) groups is 1. The summed E-state index contributed by atoms with van der Waals surface area (Å²) in [5.41, 5.74) is 2.25. The number of methoxy groups -OCH3 is 1. The molecule has 182 valence electrons. The van der Waals surface area contributed by atoms with Crippen LogP contribution in [0.1, 0.15) is 65.2 Å². The van der Waals surface area contributed by atoms with E-state index in [0.717, 1.165) is 41.5 Å². The van der Waals surface area contributed by atoms with Gasteiger partial charge in [-0.15, -0.1) is 11.3 Å². The molecule has 0 radical (unpaired) electrons. The molecule has 1 aliphatic carbocycles. The van der Waals surface area contributed by atoms with E-state index in [2.05, 4.69) is 4.98 Å². The summed E-state index contributed by atoms with van der Waals surface area (Å²) in [5.74, 6) is 0.174. The molecule has 3 aromatic rings. The van der Waals surface area contributed by atoms with Crippen molar-refractivity contribution >= 4 is 27.5 Å². The highest BCUT2D eigenvalue weighted by Crippen LogP contribution is 2.35. The van der Waals surface area contributed by atoms with Gasteiger partial charge < -0.3 is 24.4 Å². The van der Waals surface area contributed by atoms with Crippen LogP contribution in [0.3, 0.4) is 0 Å². The molecule has 1 heterocycles. The lowest BCUT2D eigenvalue weighted by Crippen LogP contribution is -2.29. The van der Waals surface area contributed by atoms with Gasteiger partial charge in [0.1, 0.15) is 17.6 Å². The number of aryl methyl sites for hydroxylation is 1. The average Bonchev–Trinajstić information content (AvgIpc) is 3.47. The normalized spacial score (nSPS) is 16.0. The van der Waals surface area contributed by atoms with Gasteiger partial charge in [-0.05, 0) is 56.0 Å². The van der Waals surface area contributed by atoms with Gasteiger partial charge in [-0.1, -0.05) is 25.0 Å². The lowest BCUT2D eigenvalue weighted by molar-refractivity contribution is -0.0753. The standard InChI is InChI=1S/C26H31NO6S/c1-4-32-18-12-19(26(29)30)24-22(13-18)34-23(27-24)14-21(33-17-7-5-6-8-17)25(28)16-10-9-15(2)20(11-16)31-3/h9-13,17,21,25,28H,4-8,14H2,1-3H3,(H,29,30)/t21-,25+/m0/s1. The Balaban J connectivity index is 1.67. The number of hydrogen-bond donors (Lipinski definition) is 2. The number of aliphatic hydroxyl groups is 1. The molecular formula is C26H31NO6S. The number of aromatic carboxylic acids is 1. The van der Waals surface area contributed by atoms with Crippen molar-refractivity contribution in [2.24, 2.45) is 0 Å². The van der Waals surface area contributed by atoms with Crippen molar-refractivity contribution in [2.45, 2.75) is 64.3 Å². The molecule has 0 unspecified atom stereocenters. The van der Waals surface area contributed by atoms with Crippen molar-refractivity contribution in [1.82, 2.24) is 4.98 Å².